The van der Waals surface area contributed by atoms with Gasteiger partial charge in [-0.1, -0.05) is 18.2 Å². The van der Waals surface area contributed by atoms with Crippen molar-refractivity contribution in [3.05, 3.63) is 86.0 Å². The number of anilines is 1. The van der Waals surface area contributed by atoms with Gasteiger partial charge in [0.1, 0.15) is 10.8 Å². The van der Waals surface area contributed by atoms with E-state index < -0.39 is 16.8 Å². The van der Waals surface area contributed by atoms with Crippen molar-refractivity contribution >= 4 is 51.6 Å². The molecule has 246 valence electrons. The second-order valence-electron chi connectivity index (χ2n) is 10.5. The van der Waals surface area contributed by atoms with Crippen LogP contribution >= 0.6 is 23.1 Å². The Hall–Kier alpha value is -4.76. The molecule has 15 heteroatoms. The number of thiophene rings is 1. The Morgan fingerprint density at radius 2 is 1.74 bits per heavy atom. The average molecular weight is 679 g/mol. The van der Waals surface area contributed by atoms with E-state index in [1.54, 1.807) is 23.6 Å². The summed E-state index contributed by atoms with van der Waals surface area (Å²) in [4.78, 5) is 50.6. The Morgan fingerprint density at radius 3 is 2.45 bits per heavy atom. The summed E-state index contributed by atoms with van der Waals surface area (Å²) in [6.07, 6.45) is 4.76. The summed E-state index contributed by atoms with van der Waals surface area (Å²) < 4.78 is 12.7. The maximum Gasteiger partial charge on any atom is 0.341 e. The van der Waals surface area contributed by atoms with Gasteiger partial charge in [0.25, 0.3) is 11.6 Å². The minimum atomic E-state index is -0.533. The number of aryl methyl sites for hydroxylation is 1. The highest BCUT2D eigenvalue weighted by Gasteiger charge is 2.27. The number of non-ortho nitro benzene ring substituents is 1. The van der Waals surface area contributed by atoms with Crippen LogP contribution in [0.25, 0.3) is 5.69 Å². The van der Waals surface area contributed by atoms with E-state index in [9.17, 15) is 24.5 Å². The van der Waals surface area contributed by atoms with Gasteiger partial charge in [-0.25, -0.2) is 4.79 Å². The Morgan fingerprint density at radius 1 is 1.00 bits per heavy atom. The molecule has 0 saturated heterocycles. The number of hydrogen-bond acceptors (Lipinski definition) is 11. The molecule has 0 unspecified atom stereocenters. The molecule has 2 amide bonds. The number of aromatic nitrogens is 3. The zero-order valence-corrected chi connectivity index (χ0v) is 27.6. The molecule has 1 aliphatic rings. The molecule has 0 atom stereocenters. The number of esters is 1. The summed E-state index contributed by atoms with van der Waals surface area (Å²) in [6.45, 7) is 4.39. The first-order valence-corrected chi connectivity index (χ1v) is 17.0. The molecule has 0 aliphatic heterocycles. The van der Waals surface area contributed by atoms with Crippen LogP contribution in [0.4, 0.5) is 10.7 Å². The normalized spacial score (nSPS) is 12.5. The largest absolute Gasteiger partial charge is 0.494 e. The van der Waals surface area contributed by atoms with Crippen molar-refractivity contribution in [1.29, 1.82) is 0 Å². The lowest BCUT2D eigenvalue weighted by Crippen LogP contribution is -2.24. The summed E-state index contributed by atoms with van der Waals surface area (Å²) in [5, 5.41) is 26.2. The Kier molecular flexibility index (Phi) is 11.2. The van der Waals surface area contributed by atoms with Gasteiger partial charge in [-0.15, -0.1) is 21.5 Å². The molecule has 0 fully saturated rings. The van der Waals surface area contributed by atoms with E-state index in [0.717, 1.165) is 54.3 Å². The number of ether oxygens (including phenoxy) is 2. The van der Waals surface area contributed by atoms with Gasteiger partial charge in [-0.2, -0.15) is 0 Å². The van der Waals surface area contributed by atoms with Crippen molar-refractivity contribution in [1.82, 2.24) is 20.1 Å². The Bertz CT molecular complexity index is 1750. The van der Waals surface area contributed by atoms with Crippen LogP contribution in [0.5, 0.6) is 5.75 Å². The highest BCUT2D eigenvalue weighted by Crippen LogP contribution is 2.38. The zero-order valence-electron chi connectivity index (χ0n) is 25.9. The first kappa shape index (κ1) is 33.6. The molecule has 13 nitrogen and oxygen atoms in total. The fourth-order valence-corrected chi connectivity index (χ4v) is 7.23. The third-order valence-corrected chi connectivity index (χ3v) is 9.48. The lowest BCUT2D eigenvalue weighted by Gasteiger charge is -2.12. The monoisotopic (exact) mass is 678 g/mol. The number of benzene rings is 2. The first-order valence-electron chi connectivity index (χ1n) is 15.2. The number of rotatable bonds is 13. The van der Waals surface area contributed by atoms with Gasteiger partial charge in [-0.3, -0.25) is 24.3 Å². The second-order valence-corrected chi connectivity index (χ2v) is 12.5. The number of amides is 2. The summed E-state index contributed by atoms with van der Waals surface area (Å²) in [5.74, 6) is -0.121. The predicted octanol–water partition coefficient (Wildman–Crippen LogP) is 5.74. The van der Waals surface area contributed by atoms with Crippen LogP contribution in [0.2, 0.25) is 0 Å². The lowest BCUT2D eigenvalue weighted by atomic mass is 10.1. The van der Waals surface area contributed by atoms with E-state index in [1.807, 2.05) is 19.1 Å². The quantitative estimate of drug-likeness (QED) is 0.0585. The van der Waals surface area contributed by atoms with Gasteiger partial charge >= 0.3 is 5.97 Å². The van der Waals surface area contributed by atoms with Crippen molar-refractivity contribution in [2.24, 2.45) is 0 Å². The van der Waals surface area contributed by atoms with Crippen LogP contribution in [0.15, 0.2) is 53.7 Å². The lowest BCUT2D eigenvalue weighted by molar-refractivity contribution is -0.384. The molecule has 2 heterocycles. The smallest absolute Gasteiger partial charge is 0.341 e. The molecule has 0 bridgehead atoms. The average Bonchev–Trinajstić information content (AvgIpc) is 3.55. The van der Waals surface area contributed by atoms with E-state index >= 15 is 0 Å². The summed E-state index contributed by atoms with van der Waals surface area (Å²) in [5.41, 5.74) is 2.25. The molecular formula is C32H34N6O7S2. The molecule has 0 spiro atoms. The van der Waals surface area contributed by atoms with Gasteiger partial charge < -0.3 is 20.1 Å². The number of nitro groups is 1. The first-order chi connectivity index (χ1) is 22.8. The van der Waals surface area contributed by atoms with Gasteiger partial charge in [-0.05, 0) is 81.5 Å². The molecule has 2 aromatic heterocycles. The zero-order chi connectivity index (χ0) is 33.3. The maximum absolute atomic E-state index is 13.3. The number of carbonyl (C=O) groups excluding carboxylic acids is 3. The van der Waals surface area contributed by atoms with Gasteiger partial charge in [0.2, 0.25) is 5.91 Å². The highest BCUT2D eigenvalue weighted by molar-refractivity contribution is 7.99. The van der Waals surface area contributed by atoms with E-state index in [1.165, 1.54) is 35.6 Å². The SMILES string of the molecule is CCOC(=O)c1c(NC(=O)CSc2nnc(CNC(=O)c3ccc([N+](=O)[O-])cc3)n2-c2ccc(OCC)cc2)sc2c1CCCCC2. The molecule has 2 N–H and O–H groups in total. The van der Waals surface area contributed by atoms with Crippen LogP contribution in [0.3, 0.4) is 0 Å². The van der Waals surface area contributed by atoms with Crippen LogP contribution in [-0.2, 0) is 28.9 Å². The molecule has 0 saturated carbocycles. The summed E-state index contributed by atoms with van der Waals surface area (Å²) >= 11 is 2.60. The van der Waals surface area contributed by atoms with Crippen LogP contribution < -0.4 is 15.4 Å². The van der Waals surface area contributed by atoms with E-state index in [-0.39, 0.29) is 36.1 Å². The second kappa shape index (κ2) is 15.7. The molecule has 2 aromatic carbocycles. The number of nitrogens with zero attached hydrogens (tertiary/aromatic N) is 4. The standard InChI is InChI=1S/C32H34N6O7S2/c1-3-44-23-16-14-21(15-17-23)37-26(18-33-29(40)20-10-12-22(13-11-20)38(42)43)35-36-32(37)46-19-27(39)34-30-28(31(41)45-4-2)24-8-6-5-7-9-25(24)47-30/h10-17H,3-9,18-19H2,1-2H3,(H,33,40)(H,34,39). The van der Waals surface area contributed by atoms with Crippen molar-refractivity contribution in [3.63, 3.8) is 0 Å². The van der Waals surface area contributed by atoms with Crippen LogP contribution in [0, 0.1) is 10.1 Å². The molecule has 4 aromatic rings. The molecular weight excluding hydrogens is 645 g/mol. The van der Waals surface area contributed by atoms with Crippen molar-refractivity contribution in [3.8, 4) is 11.4 Å². The minimum Gasteiger partial charge on any atom is -0.494 e. The highest BCUT2D eigenvalue weighted by atomic mass is 32.2. The number of fused-ring (bicyclic) bond motifs is 1. The van der Waals surface area contributed by atoms with Gasteiger partial charge in [0.15, 0.2) is 11.0 Å². The van der Waals surface area contributed by atoms with Crippen molar-refractivity contribution < 1.29 is 28.8 Å². The molecule has 0 radical (unpaired) electrons. The van der Waals surface area contributed by atoms with Crippen molar-refractivity contribution in [2.45, 2.75) is 57.7 Å². The van der Waals surface area contributed by atoms with Gasteiger partial charge in [0, 0.05) is 28.3 Å². The van der Waals surface area contributed by atoms with Crippen LogP contribution in [0.1, 0.15) is 70.1 Å². The fraction of sp³-hybridized carbons (Fsp3) is 0.344. The molecule has 5 rings (SSSR count). The number of carbonyl (C=O) groups is 3. The number of nitro benzene ring substituents is 1. The van der Waals surface area contributed by atoms with E-state index in [4.69, 9.17) is 9.47 Å². The molecule has 1 aliphatic carbocycles. The fourth-order valence-electron chi connectivity index (χ4n) is 5.16. The Labute approximate surface area is 279 Å². The third-order valence-electron chi connectivity index (χ3n) is 7.34. The topological polar surface area (TPSA) is 168 Å². The number of hydrogen-bond donors (Lipinski definition) is 2. The maximum atomic E-state index is 13.3. The van der Waals surface area contributed by atoms with Crippen LogP contribution in [-0.4, -0.2) is 56.4 Å². The summed E-state index contributed by atoms with van der Waals surface area (Å²) in [7, 11) is 0. The van der Waals surface area contributed by atoms with E-state index in [0.29, 0.717) is 39.6 Å². The van der Waals surface area contributed by atoms with Crippen molar-refractivity contribution in [2.75, 3.05) is 24.3 Å². The number of thioether (sulfide) groups is 1. The minimum absolute atomic E-state index is 0.00750. The number of nitrogens with one attached hydrogen (secondary N) is 2. The van der Waals surface area contributed by atoms with E-state index in [2.05, 4.69) is 20.8 Å². The predicted molar refractivity (Wildman–Crippen MR) is 178 cm³/mol. The third kappa shape index (κ3) is 8.16. The molecule has 47 heavy (non-hydrogen) atoms. The Balaban J connectivity index is 1.34. The van der Waals surface area contributed by atoms with Gasteiger partial charge in [0.05, 0.1) is 36.0 Å². The summed E-state index contributed by atoms with van der Waals surface area (Å²) in [6, 6.07) is 12.5.